The monoisotopic (exact) mass is 612 g/mol. The van der Waals surface area contributed by atoms with E-state index in [0.29, 0.717) is 18.2 Å². The molecule has 0 N–H and O–H groups in total. The Kier molecular flexibility index (Phi) is 8.81. The number of hydrogen-bond donors (Lipinski definition) is 0. The number of aromatic nitrogens is 1. The van der Waals surface area contributed by atoms with Crippen molar-refractivity contribution in [1.82, 2.24) is 4.98 Å². The van der Waals surface area contributed by atoms with Crippen LogP contribution in [0.1, 0.15) is 52.1 Å². The van der Waals surface area contributed by atoms with Crippen molar-refractivity contribution in [3.05, 3.63) is 64.0 Å². The smallest absolute Gasteiger partial charge is 0.377 e. The molecule has 1 aromatic carbocycles. The van der Waals surface area contributed by atoms with Crippen LogP contribution in [0.2, 0.25) is 0 Å². The minimum atomic E-state index is -5.29. The first kappa shape index (κ1) is 28.1. The number of nitriles is 1. The predicted octanol–water partition coefficient (Wildman–Crippen LogP) is 7.24. The molecule has 1 heterocycles. The van der Waals surface area contributed by atoms with Gasteiger partial charge in [-0.3, -0.25) is 4.98 Å². The van der Waals surface area contributed by atoms with Gasteiger partial charge in [-0.2, -0.15) is 44.8 Å². The van der Waals surface area contributed by atoms with Crippen molar-refractivity contribution < 1.29 is 49.0 Å². The summed E-state index contributed by atoms with van der Waals surface area (Å²) in [6, 6.07) is 3.52. The van der Waals surface area contributed by atoms with Gasteiger partial charge < -0.3 is 9.47 Å². The van der Waals surface area contributed by atoms with E-state index in [-0.39, 0.29) is 10.2 Å². The van der Waals surface area contributed by atoms with Crippen LogP contribution in [0.15, 0.2) is 30.5 Å². The number of methoxy groups -OCH3 is 1. The van der Waals surface area contributed by atoms with Gasteiger partial charge in [0.1, 0.15) is 11.8 Å². The van der Waals surface area contributed by atoms with E-state index in [1.54, 1.807) is 22.6 Å². The largest absolute Gasteiger partial charge is 0.433 e. The fourth-order valence-electron chi connectivity index (χ4n) is 3.16. The SMILES string of the molecule is COC(CC(OCI)c1cc(C(F)(F)F)c(C#N)c(C(F)(F)F)c1)c1ccnc(C(F)(F)F)c1. The van der Waals surface area contributed by atoms with Crippen molar-refractivity contribution in [2.24, 2.45) is 0 Å². The lowest BCUT2D eigenvalue weighted by Crippen LogP contribution is -2.19. The summed E-state index contributed by atoms with van der Waals surface area (Å²) in [5.74, 6) is 0. The van der Waals surface area contributed by atoms with E-state index in [2.05, 4.69) is 4.98 Å². The van der Waals surface area contributed by atoms with Crippen LogP contribution in [0.25, 0.3) is 0 Å². The summed E-state index contributed by atoms with van der Waals surface area (Å²) in [7, 11) is 1.11. The topological polar surface area (TPSA) is 55.1 Å². The van der Waals surface area contributed by atoms with Crippen LogP contribution >= 0.6 is 22.6 Å². The second-order valence-electron chi connectivity index (χ2n) is 6.79. The van der Waals surface area contributed by atoms with Crippen LogP contribution in [-0.2, 0) is 28.0 Å². The zero-order chi connectivity index (χ0) is 25.9. The van der Waals surface area contributed by atoms with Gasteiger partial charge in [0.25, 0.3) is 0 Å². The Hall–Kier alpha value is -2.12. The second kappa shape index (κ2) is 10.6. The number of hydrogen-bond acceptors (Lipinski definition) is 4. The minimum Gasteiger partial charge on any atom is -0.377 e. The Bertz CT molecular complexity index is 1010. The zero-order valence-electron chi connectivity index (χ0n) is 16.9. The van der Waals surface area contributed by atoms with Crippen LogP contribution in [0.5, 0.6) is 0 Å². The van der Waals surface area contributed by atoms with Crippen molar-refractivity contribution in [2.45, 2.75) is 37.2 Å². The third kappa shape index (κ3) is 6.72. The first-order valence-corrected chi connectivity index (χ1v) is 10.6. The van der Waals surface area contributed by atoms with Crippen LogP contribution < -0.4 is 0 Å². The summed E-state index contributed by atoms with van der Waals surface area (Å²) >= 11 is 1.66. The number of ether oxygens (including phenoxy) is 2. The molecular weight excluding hydrogens is 598 g/mol. The highest BCUT2D eigenvalue weighted by molar-refractivity contribution is 14.1. The maximum atomic E-state index is 13.5. The molecule has 2 unspecified atom stereocenters. The Morgan fingerprint density at radius 2 is 1.47 bits per heavy atom. The third-order valence-corrected chi connectivity index (χ3v) is 5.04. The number of rotatable bonds is 7. The zero-order valence-corrected chi connectivity index (χ0v) is 19.1. The highest BCUT2D eigenvalue weighted by Crippen LogP contribution is 2.43. The van der Waals surface area contributed by atoms with Gasteiger partial charge >= 0.3 is 18.5 Å². The van der Waals surface area contributed by atoms with Crippen molar-refractivity contribution in [3.63, 3.8) is 0 Å². The van der Waals surface area contributed by atoms with Gasteiger partial charge in [0.2, 0.25) is 0 Å². The van der Waals surface area contributed by atoms with Crippen molar-refractivity contribution in [1.29, 1.82) is 5.26 Å². The molecule has 0 aliphatic rings. The average molecular weight is 612 g/mol. The molecule has 0 saturated carbocycles. The summed E-state index contributed by atoms with van der Waals surface area (Å²) in [5, 5.41) is 8.98. The van der Waals surface area contributed by atoms with Gasteiger partial charge in [0.05, 0.1) is 33.5 Å². The summed E-state index contributed by atoms with van der Waals surface area (Å²) in [4.78, 5) is 3.20. The Labute approximate surface area is 200 Å². The lowest BCUT2D eigenvalue weighted by Gasteiger charge is -2.25. The van der Waals surface area contributed by atoms with E-state index in [1.165, 1.54) is 6.07 Å². The first-order valence-electron chi connectivity index (χ1n) is 9.09. The highest BCUT2D eigenvalue weighted by atomic mass is 127. The summed E-state index contributed by atoms with van der Waals surface area (Å²) < 4.78 is 130. The predicted molar refractivity (Wildman–Crippen MR) is 107 cm³/mol. The standard InChI is InChI=1S/C20H14F9IN2O2/c1-33-15(10-2-3-32-17(6-10)20(27,28)29)7-16(34-9-30)11-4-13(18(21,22)23)12(8-31)14(5-11)19(24,25)26/h2-6,15-16H,7,9H2,1H3. The molecule has 14 heteroatoms. The fraction of sp³-hybridized carbons (Fsp3) is 0.400. The molecule has 0 saturated heterocycles. The molecule has 34 heavy (non-hydrogen) atoms. The Morgan fingerprint density at radius 1 is 0.912 bits per heavy atom. The number of halogens is 10. The van der Waals surface area contributed by atoms with E-state index in [4.69, 9.17) is 14.7 Å². The molecule has 0 radical (unpaired) electrons. The summed E-state index contributed by atoms with van der Waals surface area (Å²) in [6.07, 6.45) is -17.6. The summed E-state index contributed by atoms with van der Waals surface area (Å²) in [6.45, 7) is 0. The molecule has 2 aromatic rings. The van der Waals surface area contributed by atoms with Gasteiger partial charge in [-0.05, 0) is 35.4 Å². The van der Waals surface area contributed by atoms with Crippen molar-refractivity contribution >= 4 is 22.6 Å². The van der Waals surface area contributed by atoms with Gasteiger partial charge in [-0.15, -0.1) is 0 Å². The molecule has 4 nitrogen and oxygen atoms in total. The Morgan fingerprint density at radius 3 is 1.88 bits per heavy atom. The fourth-order valence-corrected chi connectivity index (χ4v) is 3.59. The quantitative estimate of drug-likeness (QED) is 0.188. The van der Waals surface area contributed by atoms with Crippen LogP contribution in [0.4, 0.5) is 39.5 Å². The van der Waals surface area contributed by atoms with Crippen molar-refractivity contribution in [3.8, 4) is 6.07 Å². The number of benzene rings is 1. The lowest BCUT2D eigenvalue weighted by atomic mass is 9.92. The molecule has 1 aromatic heterocycles. The van der Waals surface area contributed by atoms with E-state index in [9.17, 15) is 39.5 Å². The number of pyridine rings is 1. The highest BCUT2D eigenvalue weighted by Gasteiger charge is 2.42. The number of nitrogens with zero attached hydrogens (tertiary/aromatic N) is 2. The Balaban J connectivity index is 2.61. The normalized spacial score (nSPS) is 14.5. The maximum Gasteiger partial charge on any atom is 0.433 e. The minimum absolute atomic E-state index is 0.0624. The van der Waals surface area contributed by atoms with Gasteiger partial charge in [-0.1, -0.05) is 22.6 Å². The van der Waals surface area contributed by atoms with Gasteiger partial charge in [0, 0.05) is 19.7 Å². The van der Waals surface area contributed by atoms with Crippen LogP contribution in [0.3, 0.4) is 0 Å². The van der Waals surface area contributed by atoms with E-state index >= 15 is 0 Å². The molecule has 0 spiro atoms. The van der Waals surface area contributed by atoms with E-state index in [0.717, 1.165) is 19.4 Å². The summed E-state index contributed by atoms with van der Waals surface area (Å²) in [5.41, 5.74) is -7.09. The van der Waals surface area contributed by atoms with Gasteiger partial charge in [-0.25, -0.2) is 0 Å². The second-order valence-corrected chi connectivity index (χ2v) is 7.42. The van der Waals surface area contributed by atoms with E-state index < -0.39 is 65.1 Å². The number of alkyl halides is 10. The maximum absolute atomic E-state index is 13.5. The molecule has 186 valence electrons. The molecule has 0 bridgehead atoms. The molecular formula is C20H14F9IN2O2. The van der Waals surface area contributed by atoms with E-state index in [1.807, 2.05) is 0 Å². The molecule has 2 atom stereocenters. The molecule has 2 rings (SSSR count). The molecule has 0 fully saturated rings. The first-order chi connectivity index (χ1) is 15.6. The average Bonchev–Trinajstić information content (AvgIpc) is 2.74. The molecule has 0 amide bonds. The molecule has 0 aliphatic heterocycles. The van der Waals surface area contributed by atoms with Crippen LogP contribution in [-0.4, -0.2) is 16.7 Å². The van der Waals surface area contributed by atoms with Gasteiger partial charge in [0.15, 0.2) is 0 Å². The van der Waals surface area contributed by atoms with Crippen LogP contribution in [0, 0.1) is 11.3 Å². The lowest BCUT2D eigenvalue weighted by molar-refractivity contribution is -0.144. The third-order valence-electron chi connectivity index (χ3n) is 4.68. The molecule has 0 aliphatic carbocycles. The van der Waals surface area contributed by atoms with Crippen molar-refractivity contribution in [2.75, 3.05) is 11.7 Å².